The number of sulfone groups is 1. The van der Waals surface area contributed by atoms with Gasteiger partial charge in [0.2, 0.25) is 0 Å². The molecule has 0 amide bonds. The van der Waals surface area contributed by atoms with Crippen molar-refractivity contribution in [2.45, 2.75) is 37.2 Å². The molecule has 1 aliphatic rings. The van der Waals surface area contributed by atoms with Gasteiger partial charge in [-0.25, -0.2) is 16.8 Å². The fourth-order valence-corrected chi connectivity index (χ4v) is 4.65. The van der Waals surface area contributed by atoms with Gasteiger partial charge in [0.15, 0.2) is 9.84 Å². The molecule has 1 heterocycles. The molecule has 0 bridgehead atoms. The first kappa shape index (κ1) is 16.6. The first-order valence-electron chi connectivity index (χ1n) is 6.54. The standard InChI is InChI=1S/C13H17ClO5S2/c1-9(2)12-7-11(21(14,17)18)3-4-13(12)19-10-5-6-20(15,16)8-10/h3-4,7,9-10H,5-6,8H2,1-2H3. The molecular formula is C13H17ClO5S2. The highest BCUT2D eigenvalue weighted by atomic mass is 35.7. The average molecular weight is 353 g/mol. The van der Waals surface area contributed by atoms with Crippen molar-refractivity contribution < 1.29 is 21.6 Å². The number of rotatable bonds is 4. The molecule has 1 saturated heterocycles. The summed E-state index contributed by atoms with van der Waals surface area (Å²) in [5.41, 5.74) is 0.695. The number of hydrogen-bond acceptors (Lipinski definition) is 5. The van der Waals surface area contributed by atoms with Crippen molar-refractivity contribution >= 4 is 29.6 Å². The van der Waals surface area contributed by atoms with Gasteiger partial charge in [0.25, 0.3) is 9.05 Å². The van der Waals surface area contributed by atoms with Crippen molar-refractivity contribution in [1.29, 1.82) is 0 Å². The van der Waals surface area contributed by atoms with Gasteiger partial charge in [-0.3, -0.25) is 0 Å². The molecule has 0 N–H and O–H groups in total. The highest BCUT2D eigenvalue weighted by molar-refractivity contribution is 8.13. The van der Waals surface area contributed by atoms with Gasteiger partial charge in [-0.1, -0.05) is 13.8 Å². The molecule has 0 aliphatic carbocycles. The smallest absolute Gasteiger partial charge is 0.261 e. The summed E-state index contributed by atoms with van der Waals surface area (Å²) in [4.78, 5) is 0.0132. The zero-order valence-electron chi connectivity index (χ0n) is 11.7. The van der Waals surface area contributed by atoms with Gasteiger partial charge in [-0.05, 0) is 36.1 Å². The van der Waals surface area contributed by atoms with Gasteiger partial charge in [0, 0.05) is 10.7 Å². The molecule has 2 rings (SSSR count). The van der Waals surface area contributed by atoms with Crippen LogP contribution >= 0.6 is 10.7 Å². The van der Waals surface area contributed by atoms with E-state index >= 15 is 0 Å². The van der Waals surface area contributed by atoms with E-state index in [-0.39, 0.29) is 28.4 Å². The van der Waals surface area contributed by atoms with Crippen molar-refractivity contribution in [2.24, 2.45) is 0 Å². The summed E-state index contributed by atoms with van der Waals surface area (Å²) in [6.07, 6.45) is 0.0704. The minimum Gasteiger partial charge on any atom is -0.489 e. The van der Waals surface area contributed by atoms with Crippen LogP contribution in [0.5, 0.6) is 5.75 Å². The normalized spacial score (nSPS) is 21.6. The van der Waals surface area contributed by atoms with Crippen molar-refractivity contribution in [2.75, 3.05) is 11.5 Å². The molecule has 0 saturated carbocycles. The van der Waals surface area contributed by atoms with Gasteiger partial charge in [0.1, 0.15) is 11.9 Å². The number of halogens is 1. The van der Waals surface area contributed by atoms with E-state index in [9.17, 15) is 16.8 Å². The Morgan fingerprint density at radius 3 is 2.48 bits per heavy atom. The van der Waals surface area contributed by atoms with E-state index in [4.69, 9.17) is 15.4 Å². The van der Waals surface area contributed by atoms with Crippen LogP contribution in [0.4, 0.5) is 0 Å². The molecule has 1 unspecified atom stereocenters. The lowest BCUT2D eigenvalue weighted by atomic mass is 10.0. The number of hydrogen-bond donors (Lipinski definition) is 0. The lowest BCUT2D eigenvalue weighted by Crippen LogP contribution is -2.18. The highest BCUT2D eigenvalue weighted by Crippen LogP contribution is 2.32. The summed E-state index contributed by atoms with van der Waals surface area (Å²) in [6.45, 7) is 3.80. The van der Waals surface area contributed by atoms with E-state index in [2.05, 4.69) is 0 Å². The molecule has 118 valence electrons. The number of benzene rings is 1. The summed E-state index contributed by atoms with van der Waals surface area (Å²) < 4.78 is 51.5. The van der Waals surface area contributed by atoms with Crippen LogP contribution in [0, 0.1) is 0 Å². The molecular weight excluding hydrogens is 336 g/mol. The van der Waals surface area contributed by atoms with E-state index in [1.54, 1.807) is 0 Å². The van der Waals surface area contributed by atoms with E-state index in [0.717, 1.165) is 0 Å². The van der Waals surface area contributed by atoms with Gasteiger partial charge >= 0.3 is 0 Å². The maximum Gasteiger partial charge on any atom is 0.261 e. The Kier molecular flexibility index (Phi) is 4.56. The van der Waals surface area contributed by atoms with E-state index in [0.29, 0.717) is 17.7 Å². The molecule has 1 fully saturated rings. The van der Waals surface area contributed by atoms with Gasteiger partial charge < -0.3 is 4.74 Å². The molecule has 0 aromatic heterocycles. The zero-order chi connectivity index (χ0) is 15.8. The molecule has 5 nitrogen and oxygen atoms in total. The fraction of sp³-hybridized carbons (Fsp3) is 0.538. The van der Waals surface area contributed by atoms with Gasteiger partial charge in [0.05, 0.1) is 16.4 Å². The second-order valence-corrected chi connectivity index (χ2v) is 10.2. The third kappa shape index (κ3) is 4.11. The Hall–Kier alpha value is -0.790. The molecule has 0 radical (unpaired) electrons. The van der Waals surface area contributed by atoms with E-state index in [1.165, 1.54) is 18.2 Å². The highest BCUT2D eigenvalue weighted by Gasteiger charge is 2.30. The van der Waals surface area contributed by atoms with E-state index < -0.39 is 18.9 Å². The predicted octanol–water partition coefficient (Wildman–Crippen LogP) is 2.30. The molecule has 1 atom stereocenters. The Morgan fingerprint density at radius 2 is 2.00 bits per heavy atom. The van der Waals surface area contributed by atoms with Crippen LogP contribution in [-0.2, 0) is 18.9 Å². The summed E-state index contributed by atoms with van der Waals surface area (Å²) in [5, 5.41) is 0. The summed E-state index contributed by atoms with van der Waals surface area (Å²) >= 11 is 0. The lowest BCUT2D eigenvalue weighted by Gasteiger charge is -2.18. The first-order chi connectivity index (χ1) is 9.58. The van der Waals surface area contributed by atoms with Crippen molar-refractivity contribution in [3.63, 3.8) is 0 Å². The summed E-state index contributed by atoms with van der Waals surface area (Å²) in [5.74, 6) is 0.663. The second kappa shape index (κ2) is 5.78. The van der Waals surface area contributed by atoms with Gasteiger partial charge in [-0.15, -0.1) is 0 Å². The molecule has 1 aromatic carbocycles. The molecule has 1 aromatic rings. The Labute approximate surface area is 129 Å². The summed E-state index contributed by atoms with van der Waals surface area (Å²) in [7, 11) is -1.48. The summed E-state index contributed by atoms with van der Waals surface area (Å²) in [6, 6.07) is 4.38. The van der Waals surface area contributed by atoms with Crippen LogP contribution in [0.2, 0.25) is 0 Å². The lowest BCUT2D eigenvalue weighted by molar-refractivity contribution is 0.226. The second-order valence-electron chi connectivity index (χ2n) is 5.44. The third-order valence-corrected chi connectivity index (χ3v) is 6.46. The molecule has 21 heavy (non-hydrogen) atoms. The maximum atomic E-state index is 11.5. The Morgan fingerprint density at radius 1 is 1.33 bits per heavy atom. The molecule has 8 heteroatoms. The van der Waals surface area contributed by atoms with Crippen LogP contribution in [0.15, 0.2) is 23.1 Å². The SMILES string of the molecule is CC(C)c1cc(S(=O)(=O)Cl)ccc1OC1CCS(=O)(=O)C1. The van der Waals surface area contributed by atoms with Crippen LogP contribution in [0.1, 0.15) is 31.7 Å². The quantitative estimate of drug-likeness (QED) is 0.777. The van der Waals surface area contributed by atoms with Crippen molar-refractivity contribution in [3.05, 3.63) is 23.8 Å². The Balaban J connectivity index is 2.32. The third-order valence-electron chi connectivity index (χ3n) is 3.37. The minimum absolute atomic E-state index is 0.0000907. The van der Waals surface area contributed by atoms with Crippen LogP contribution < -0.4 is 4.74 Å². The topological polar surface area (TPSA) is 77.5 Å². The fourth-order valence-electron chi connectivity index (χ4n) is 2.27. The average Bonchev–Trinajstić information content (AvgIpc) is 2.67. The van der Waals surface area contributed by atoms with Crippen LogP contribution in [-0.4, -0.2) is 34.4 Å². The van der Waals surface area contributed by atoms with Crippen molar-refractivity contribution in [1.82, 2.24) is 0 Å². The van der Waals surface area contributed by atoms with Crippen molar-refractivity contribution in [3.8, 4) is 5.75 Å². The molecule has 1 aliphatic heterocycles. The largest absolute Gasteiger partial charge is 0.489 e. The zero-order valence-corrected chi connectivity index (χ0v) is 14.1. The Bertz CT molecular complexity index is 738. The minimum atomic E-state index is -3.80. The molecule has 0 spiro atoms. The first-order valence-corrected chi connectivity index (χ1v) is 10.7. The monoisotopic (exact) mass is 352 g/mol. The predicted molar refractivity (Wildman–Crippen MR) is 81.3 cm³/mol. The van der Waals surface area contributed by atoms with Gasteiger partial charge in [-0.2, -0.15) is 0 Å². The number of ether oxygens (including phenoxy) is 1. The maximum absolute atomic E-state index is 11.5. The van der Waals surface area contributed by atoms with Crippen LogP contribution in [0.3, 0.4) is 0 Å². The van der Waals surface area contributed by atoms with E-state index in [1.807, 2.05) is 13.8 Å². The van der Waals surface area contributed by atoms with Crippen LogP contribution in [0.25, 0.3) is 0 Å².